The van der Waals surface area contributed by atoms with Gasteiger partial charge < -0.3 is 10.8 Å². The van der Waals surface area contributed by atoms with Gasteiger partial charge in [0.05, 0.1) is 12.1 Å². The van der Waals surface area contributed by atoms with Crippen molar-refractivity contribution in [2.45, 2.75) is 25.5 Å². The van der Waals surface area contributed by atoms with Crippen LogP contribution in [0.25, 0.3) is 0 Å². The molecule has 80 valence electrons. The first kappa shape index (κ1) is 13.7. The fourth-order valence-corrected chi connectivity index (χ4v) is 1.29. The first-order valence-electron chi connectivity index (χ1n) is 4.34. The topological polar surface area (TPSA) is 46.2 Å². The number of aliphatic hydroxyl groups is 1. The van der Waals surface area contributed by atoms with E-state index in [1.165, 1.54) is 0 Å². The molecule has 3 N–H and O–H groups in total. The van der Waals surface area contributed by atoms with Crippen molar-refractivity contribution < 1.29 is 5.11 Å². The van der Waals surface area contributed by atoms with E-state index < -0.39 is 6.10 Å². The van der Waals surface area contributed by atoms with Crippen LogP contribution in [0.4, 0.5) is 0 Å². The first-order chi connectivity index (χ1) is 6.15. The molecule has 0 saturated heterocycles. The summed E-state index contributed by atoms with van der Waals surface area (Å²) in [7, 11) is 0. The van der Waals surface area contributed by atoms with Gasteiger partial charge in [0.1, 0.15) is 0 Å². The summed E-state index contributed by atoms with van der Waals surface area (Å²) in [4.78, 5) is 0. The summed E-state index contributed by atoms with van der Waals surface area (Å²) >= 11 is 5.73. The van der Waals surface area contributed by atoms with E-state index >= 15 is 0 Å². The molecule has 2 atom stereocenters. The third-order valence-electron chi connectivity index (χ3n) is 2.09. The molecule has 1 rings (SSSR count). The summed E-state index contributed by atoms with van der Waals surface area (Å²) in [6, 6.07) is 6.91. The lowest BCUT2D eigenvalue weighted by Gasteiger charge is -2.17. The highest BCUT2D eigenvalue weighted by Gasteiger charge is 2.13. The number of halogens is 2. The molecule has 0 bridgehead atoms. The Morgan fingerprint density at radius 2 is 1.86 bits per heavy atom. The zero-order chi connectivity index (χ0) is 9.84. The van der Waals surface area contributed by atoms with Crippen molar-refractivity contribution >= 4 is 24.0 Å². The van der Waals surface area contributed by atoms with Crippen molar-refractivity contribution in [1.82, 2.24) is 0 Å². The molecule has 0 aliphatic carbocycles. The van der Waals surface area contributed by atoms with E-state index in [4.69, 9.17) is 17.3 Å². The normalized spacial score (nSPS) is 14.3. The fraction of sp³-hybridized carbons (Fsp3) is 0.400. The number of rotatable bonds is 3. The lowest BCUT2D eigenvalue weighted by Crippen LogP contribution is -2.25. The molecule has 0 spiro atoms. The van der Waals surface area contributed by atoms with Gasteiger partial charge >= 0.3 is 0 Å². The summed E-state index contributed by atoms with van der Waals surface area (Å²) in [5.74, 6) is 0. The number of hydrogen-bond donors (Lipinski definition) is 2. The smallest absolute Gasteiger partial charge is 0.0730 e. The van der Waals surface area contributed by atoms with Crippen LogP contribution in [0.1, 0.15) is 24.9 Å². The van der Waals surface area contributed by atoms with Gasteiger partial charge in [0.15, 0.2) is 0 Å². The third kappa shape index (κ3) is 3.46. The Morgan fingerprint density at radius 3 is 2.29 bits per heavy atom. The van der Waals surface area contributed by atoms with Crippen LogP contribution in [0.2, 0.25) is 5.02 Å². The summed E-state index contributed by atoms with van der Waals surface area (Å²) < 4.78 is 0. The largest absolute Gasteiger partial charge is 0.391 e. The Hall–Kier alpha value is -0.280. The van der Waals surface area contributed by atoms with Crippen LogP contribution in [0.15, 0.2) is 24.3 Å². The van der Waals surface area contributed by atoms with Crippen molar-refractivity contribution in [1.29, 1.82) is 0 Å². The number of hydrogen-bond acceptors (Lipinski definition) is 2. The Bertz CT molecular complexity index is 263. The van der Waals surface area contributed by atoms with E-state index in [0.717, 1.165) is 5.56 Å². The summed E-state index contributed by atoms with van der Waals surface area (Å²) in [6.07, 6.45) is 0.172. The van der Waals surface area contributed by atoms with E-state index in [2.05, 4.69) is 0 Å². The van der Waals surface area contributed by atoms with Crippen LogP contribution >= 0.6 is 24.0 Å². The van der Waals surface area contributed by atoms with Crippen molar-refractivity contribution in [3.8, 4) is 0 Å². The van der Waals surface area contributed by atoms with Crippen LogP contribution in [0.5, 0.6) is 0 Å². The van der Waals surface area contributed by atoms with E-state index in [1.54, 1.807) is 12.1 Å². The van der Waals surface area contributed by atoms with Crippen LogP contribution < -0.4 is 5.73 Å². The quantitative estimate of drug-likeness (QED) is 0.847. The van der Waals surface area contributed by atoms with Gasteiger partial charge in [-0.15, -0.1) is 12.4 Å². The second-order valence-corrected chi connectivity index (χ2v) is 3.49. The van der Waals surface area contributed by atoms with Crippen molar-refractivity contribution in [2.75, 3.05) is 0 Å². The highest BCUT2D eigenvalue weighted by molar-refractivity contribution is 6.30. The fourth-order valence-electron chi connectivity index (χ4n) is 1.16. The standard InChI is InChI=1S/C10H14ClNO.ClH/c1-2-9(13)10(12)7-3-5-8(11)6-4-7;/h3-6,9-10,13H,2,12H2,1H3;1H/t9-,10+;/m0./s1. The van der Waals surface area contributed by atoms with Gasteiger partial charge in [-0.25, -0.2) is 0 Å². The monoisotopic (exact) mass is 235 g/mol. The molecule has 0 amide bonds. The molecule has 0 unspecified atom stereocenters. The second-order valence-electron chi connectivity index (χ2n) is 3.05. The van der Waals surface area contributed by atoms with Crippen LogP contribution in [-0.2, 0) is 0 Å². The zero-order valence-electron chi connectivity index (χ0n) is 7.98. The summed E-state index contributed by atoms with van der Waals surface area (Å²) in [5.41, 5.74) is 6.72. The Kier molecular flexibility index (Phi) is 6.12. The molecule has 1 aromatic carbocycles. The molecule has 0 heterocycles. The van der Waals surface area contributed by atoms with Crippen molar-refractivity contribution in [2.24, 2.45) is 5.73 Å². The van der Waals surface area contributed by atoms with Gasteiger partial charge in [-0.05, 0) is 24.1 Å². The predicted octanol–water partition coefficient (Wildman–Crippen LogP) is 2.53. The maximum Gasteiger partial charge on any atom is 0.0730 e. The van der Waals surface area contributed by atoms with Gasteiger partial charge in [0.25, 0.3) is 0 Å². The molecule has 2 nitrogen and oxygen atoms in total. The minimum absolute atomic E-state index is 0. The van der Waals surface area contributed by atoms with E-state index in [1.807, 2.05) is 19.1 Å². The van der Waals surface area contributed by atoms with Crippen molar-refractivity contribution in [3.63, 3.8) is 0 Å². The predicted molar refractivity (Wildman–Crippen MR) is 61.9 cm³/mol. The average Bonchev–Trinajstić information content (AvgIpc) is 2.17. The van der Waals surface area contributed by atoms with Gasteiger partial charge in [-0.3, -0.25) is 0 Å². The van der Waals surface area contributed by atoms with Gasteiger partial charge in [-0.1, -0.05) is 30.7 Å². The molecule has 0 fully saturated rings. The number of benzene rings is 1. The summed E-state index contributed by atoms with van der Waals surface area (Å²) in [6.45, 7) is 1.90. The highest BCUT2D eigenvalue weighted by Crippen LogP contribution is 2.18. The number of nitrogens with two attached hydrogens (primary N) is 1. The number of aliphatic hydroxyl groups excluding tert-OH is 1. The Morgan fingerprint density at radius 1 is 1.36 bits per heavy atom. The highest BCUT2D eigenvalue weighted by atomic mass is 35.5. The molecular weight excluding hydrogens is 221 g/mol. The zero-order valence-corrected chi connectivity index (χ0v) is 9.55. The van der Waals surface area contributed by atoms with Crippen LogP contribution in [-0.4, -0.2) is 11.2 Å². The van der Waals surface area contributed by atoms with Crippen LogP contribution in [0.3, 0.4) is 0 Å². The van der Waals surface area contributed by atoms with E-state index in [-0.39, 0.29) is 18.4 Å². The maximum absolute atomic E-state index is 9.49. The molecular formula is C10H15Cl2NO. The molecule has 0 aliphatic rings. The molecule has 0 saturated carbocycles. The van der Waals surface area contributed by atoms with Gasteiger partial charge in [0.2, 0.25) is 0 Å². The minimum atomic E-state index is -0.485. The molecule has 14 heavy (non-hydrogen) atoms. The second kappa shape index (κ2) is 6.25. The SMILES string of the molecule is CC[C@H](O)[C@H](N)c1ccc(Cl)cc1.Cl. The molecule has 0 aliphatic heterocycles. The molecule has 1 aromatic rings. The summed E-state index contributed by atoms with van der Waals surface area (Å²) in [5, 5.41) is 10.2. The minimum Gasteiger partial charge on any atom is -0.391 e. The first-order valence-corrected chi connectivity index (χ1v) is 4.72. The van der Waals surface area contributed by atoms with Gasteiger partial charge in [-0.2, -0.15) is 0 Å². The molecule has 4 heteroatoms. The lowest BCUT2D eigenvalue weighted by molar-refractivity contribution is 0.140. The molecule has 0 aromatic heterocycles. The van der Waals surface area contributed by atoms with E-state index in [0.29, 0.717) is 11.4 Å². The van der Waals surface area contributed by atoms with E-state index in [9.17, 15) is 5.11 Å². The Balaban J connectivity index is 0.00000169. The maximum atomic E-state index is 9.49. The van der Waals surface area contributed by atoms with Crippen LogP contribution in [0, 0.1) is 0 Å². The average molecular weight is 236 g/mol. The Labute approximate surface area is 95.5 Å². The lowest BCUT2D eigenvalue weighted by atomic mass is 10.0. The van der Waals surface area contributed by atoms with Crippen molar-refractivity contribution in [3.05, 3.63) is 34.9 Å². The third-order valence-corrected chi connectivity index (χ3v) is 2.34. The molecule has 0 radical (unpaired) electrons. The van der Waals surface area contributed by atoms with Gasteiger partial charge in [0, 0.05) is 5.02 Å².